The summed E-state index contributed by atoms with van der Waals surface area (Å²) in [7, 11) is -3.44. The van der Waals surface area contributed by atoms with Crippen LogP contribution in [0.3, 0.4) is 0 Å². The van der Waals surface area contributed by atoms with Gasteiger partial charge in [0.25, 0.3) is 5.91 Å². The zero-order valence-corrected chi connectivity index (χ0v) is 7.91. The lowest BCUT2D eigenvalue weighted by Crippen LogP contribution is -2.28. The third kappa shape index (κ3) is 2.63. The van der Waals surface area contributed by atoms with E-state index < -0.39 is 15.9 Å². The Morgan fingerprint density at radius 1 is 1.58 bits per heavy atom. The average Bonchev–Trinajstić information content (AvgIpc) is 2.32. The van der Waals surface area contributed by atoms with E-state index in [0.29, 0.717) is 4.88 Å². The molecule has 1 aromatic rings. The molecule has 12 heavy (non-hydrogen) atoms. The van der Waals surface area contributed by atoms with Crippen molar-refractivity contribution in [1.82, 2.24) is 4.72 Å². The van der Waals surface area contributed by atoms with E-state index in [4.69, 9.17) is 0 Å². The van der Waals surface area contributed by atoms with Crippen LogP contribution in [0, 0.1) is 0 Å². The van der Waals surface area contributed by atoms with Crippen molar-refractivity contribution in [2.45, 2.75) is 0 Å². The Morgan fingerprint density at radius 2 is 2.25 bits per heavy atom. The minimum Gasteiger partial charge on any atom is -0.267 e. The molecule has 66 valence electrons. The van der Waals surface area contributed by atoms with Gasteiger partial charge >= 0.3 is 0 Å². The van der Waals surface area contributed by atoms with E-state index in [1.165, 1.54) is 11.3 Å². The number of rotatable bonds is 2. The molecule has 1 amide bonds. The van der Waals surface area contributed by atoms with E-state index in [0.717, 1.165) is 6.26 Å². The summed E-state index contributed by atoms with van der Waals surface area (Å²) in [5.74, 6) is -0.576. The van der Waals surface area contributed by atoms with Crippen molar-refractivity contribution < 1.29 is 13.2 Å². The molecule has 0 radical (unpaired) electrons. The number of carbonyl (C=O) groups is 1. The summed E-state index contributed by atoms with van der Waals surface area (Å²) in [4.78, 5) is 11.4. The van der Waals surface area contributed by atoms with Crippen LogP contribution in [-0.4, -0.2) is 20.6 Å². The maximum Gasteiger partial charge on any atom is 0.274 e. The van der Waals surface area contributed by atoms with Gasteiger partial charge in [0.15, 0.2) is 0 Å². The monoisotopic (exact) mass is 205 g/mol. The molecule has 0 aliphatic rings. The van der Waals surface area contributed by atoms with Crippen molar-refractivity contribution in [3.63, 3.8) is 0 Å². The van der Waals surface area contributed by atoms with Crippen molar-refractivity contribution >= 4 is 27.3 Å². The van der Waals surface area contributed by atoms with Crippen LogP contribution in [0.4, 0.5) is 0 Å². The zero-order chi connectivity index (χ0) is 9.19. The maximum atomic E-state index is 11.0. The molecule has 4 nitrogen and oxygen atoms in total. The van der Waals surface area contributed by atoms with Gasteiger partial charge in [0.1, 0.15) is 0 Å². The van der Waals surface area contributed by atoms with Gasteiger partial charge in [-0.05, 0) is 11.4 Å². The van der Waals surface area contributed by atoms with E-state index >= 15 is 0 Å². The molecule has 1 rings (SSSR count). The van der Waals surface area contributed by atoms with Gasteiger partial charge < -0.3 is 0 Å². The van der Waals surface area contributed by atoms with Crippen molar-refractivity contribution in [2.24, 2.45) is 0 Å². The average molecular weight is 205 g/mol. The maximum absolute atomic E-state index is 11.0. The van der Waals surface area contributed by atoms with Crippen LogP contribution in [0.5, 0.6) is 0 Å². The Labute approximate surface area is 74.3 Å². The number of hydrogen-bond acceptors (Lipinski definition) is 4. The highest BCUT2D eigenvalue weighted by Crippen LogP contribution is 2.07. The van der Waals surface area contributed by atoms with Crippen LogP contribution in [-0.2, 0) is 10.0 Å². The minimum atomic E-state index is -3.44. The molecule has 1 aromatic heterocycles. The zero-order valence-electron chi connectivity index (χ0n) is 6.27. The highest BCUT2D eigenvalue weighted by atomic mass is 32.2. The Hall–Kier alpha value is -0.880. The summed E-state index contributed by atoms with van der Waals surface area (Å²) in [5.41, 5.74) is 0. The molecule has 0 saturated carbocycles. The van der Waals surface area contributed by atoms with Crippen LogP contribution >= 0.6 is 11.3 Å². The second kappa shape index (κ2) is 3.24. The van der Waals surface area contributed by atoms with E-state index in [2.05, 4.69) is 0 Å². The molecular weight excluding hydrogens is 198 g/mol. The standard InChI is InChI=1S/C6H7NO3S2/c1-12(9,10)7-6(8)5-3-2-4-11-5/h2-4H,1H3,(H,7,8). The van der Waals surface area contributed by atoms with Crippen LogP contribution in [0.1, 0.15) is 9.67 Å². The fraction of sp³-hybridized carbons (Fsp3) is 0.167. The van der Waals surface area contributed by atoms with Crippen LogP contribution in [0.15, 0.2) is 17.5 Å². The van der Waals surface area contributed by atoms with Crippen LogP contribution in [0.25, 0.3) is 0 Å². The van der Waals surface area contributed by atoms with E-state index in [1.807, 2.05) is 4.72 Å². The number of hydrogen-bond donors (Lipinski definition) is 1. The highest BCUT2D eigenvalue weighted by molar-refractivity contribution is 7.89. The summed E-state index contributed by atoms with van der Waals surface area (Å²) >= 11 is 1.20. The molecule has 0 aromatic carbocycles. The number of carbonyl (C=O) groups excluding carboxylic acids is 1. The van der Waals surface area contributed by atoms with Gasteiger partial charge in [-0.2, -0.15) is 0 Å². The summed E-state index contributed by atoms with van der Waals surface area (Å²) in [6.45, 7) is 0. The molecule has 0 bridgehead atoms. The van der Waals surface area contributed by atoms with Gasteiger partial charge in [0.2, 0.25) is 10.0 Å². The molecule has 1 N–H and O–H groups in total. The third-order valence-corrected chi connectivity index (χ3v) is 2.45. The normalized spacial score (nSPS) is 11.1. The Morgan fingerprint density at radius 3 is 2.67 bits per heavy atom. The van der Waals surface area contributed by atoms with Gasteiger partial charge in [-0.25, -0.2) is 13.1 Å². The molecular formula is C6H7NO3S2. The predicted octanol–water partition coefficient (Wildman–Crippen LogP) is 0.437. The SMILES string of the molecule is CS(=O)(=O)NC(=O)c1cccs1. The molecule has 0 aliphatic carbocycles. The molecule has 0 atom stereocenters. The first kappa shape index (κ1) is 9.21. The van der Waals surface area contributed by atoms with Crippen LogP contribution in [0.2, 0.25) is 0 Å². The summed E-state index contributed by atoms with van der Waals surface area (Å²) in [6.07, 6.45) is 0.943. The first-order chi connectivity index (χ1) is 5.49. The fourth-order valence-electron chi connectivity index (χ4n) is 0.626. The first-order valence-electron chi connectivity index (χ1n) is 3.04. The molecule has 0 spiro atoms. The fourth-order valence-corrected chi connectivity index (χ4v) is 1.76. The third-order valence-electron chi connectivity index (χ3n) is 1.02. The lowest BCUT2D eigenvalue weighted by Gasteiger charge is -1.97. The molecule has 0 aliphatic heterocycles. The number of nitrogens with one attached hydrogen (secondary N) is 1. The topological polar surface area (TPSA) is 63.2 Å². The Bertz CT molecular complexity index is 366. The summed E-state index contributed by atoms with van der Waals surface area (Å²) in [5, 5.41) is 1.71. The first-order valence-corrected chi connectivity index (χ1v) is 5.82. The van der Waals surface area contributed by atoms with Crippen LogP contribution < -0.4 is 4.72 Å². The van der Waals surface area contributed by atoms with E-state index in [-0.39, 0.29) is 0 Å². The van der Waals surface area contributed by atoms with Gasteiger partial charge in [-0.1, -0.05) is 6.07 Å². The Balaban J connectivity index is 2.76. The van der Waals surface area contributed by atoms with E-state index in [1.54, 1.807) is 17.5 Å². The van der Waals surface area contributed by atoms with Gasteiger partial charge in [0.05, 0.1) is 11.1 Å². The van der Waals surface area contributed by atoms with Gasteiger partial charge in [-0.3, -0.25) is 4.79 Å². The van der Waals surface area contributed by atoms with Crippen molar-refractivity contribution in [2.75, 3.05) is 6.26 Å². The molecule has 1 heterocycles. The quantitative estimate of drug-likeness (QED) is 0.762. The second-order valence-electron chi connectivity index (χ2n) is 2.18. The largest absolute Gasteiger partial charge is 0.274 e. The Kier molecular flexibility index (Phi) is 2.49. The van der Waals surface area contributed by atoms with Gasteiger partial charge in [0, 0.05) is 0 Å². The van der Waals surface area contributed by atoms with Crippen molar-refractivity contribution in [3.8, 4) is 0 Å². The molecule has 0 unspecified atom stereocenters. The van der Waals surface area contributed by atoms with Crippen molar-refractivity contribution in [1.29, 1.82) is 0 Å². The van der Waals surface area contributed by atoms with Gasteiger partial charge in [-0.15, -0.1) is 11.3 Å². The summed E-state index contributed by atoms with van der Waals surface area (Å²) in [6, 6.07) is 3.24. The molecule has 0 saturated heterocycles. The number of thiophene rings is 1. The number of amides is 1. The minimum absolute atomic E-state index is 0.389. The second-order valence-corrected chi connectivity index (χ2v) is 4.88. The molecule has 0 fully saturated rings. The lowest BCUT2D eigenvalue weighted by atomic mass is 10.5. The van der Waals surface area contributed by atoms with Crippen molar-refractivity contribution in [3.05, 3.63) is 22.4 Å². The lowest BCUT2D eigenvalue weighted by molar-refractivity contribution is 0.0985. The highest BCUT2D eigenvalue weighted by Gasteiger charge is 2.10. The molecule has 6 heteroatoms. The number of sulfonamides is 1. The predicted molar refractivity (Wildman–Crippen MR) is 46.6 cm³/mol. The van der Waals surface area contributed by atoms with E-state index in [9.17, 15) is 13.2 Å². The smallest absolute Gasteiger partial charge is 0.267 e. The summed E-state index contributed by atoms with van der Waals surface area (Å²) < 4.78 is 23.1.